The van der Waals surface area contributed by atoms with E-state index in [0.717, 1.165) is 31.7 Å². The number of hydrogen-bond acceptors (Lipinski definition) is 6. The fraction of sp³-hybridized carbons (Fsp3) is 0.579. The highest BCUT2D eigenvalue weighted by Crippen LogP contribution is 2.35. The SMILES string of the molecule is CC(Nc1ccc(C(F)(F)F)cc1[N+](=O)[O-])C(=O)OCC(=O)NC1CCCCC1C. The number of alkyl halides is 3. The van der Waals surface area contributed by atoms with Gasteiger partial charge in [0.1, 0.15) is 11.7 Å². The number of hydrogen-bond donors (Lipinski definition) is 2. The van der Waals surface area contributed by atoms with Gasteiger partial charge in [0.25, 0.3) is 11.6 Å². The molecule has 2 rings (SSSR count). The van der Waals surface area contributed by atoms with Crippen LogP contribution in [0.5, 0.6) is 0 Å². The van der Waals surface area contributed by atoms with Crippen molar-refractivity contribution in [2.45, 2.75) is 57.8 Å². The molecule has 1 amide bonds. The highest BCUT2D eigenvalue weighted by Gasteiger charge is 2.33. The van der Waals surface area contributed by atoms with E-state index in [1.54, 1.807) is 0 Å². The molecule has 0 saturated heterocycles. The Kier molecular flexibility index (Phi) is 7.63. The number of rotatable bonds is 7. The molecule has 0 spiro atoms. The Morgan fingerprint density at radius 3 is 2.57 bits per heavy atom. The van der Waals surface area contributed by atoms with Crippen LogP contribution in [-0.4, -0.2) is 35.5 Å². The normalized spacial score (nSPS) is 20.2. The summed E-state index contributed by atoms with van der Waals surface area (Å²) in [5, 5.41) is 16.4. The predicted molar refractivity (Wildman–Crippen MR) is 102 cm³/mol. The summed E-state index contributed by atoms with van der Waals surface area (Å²) in [6.07, 6.45) is -0.741. The molecule has 3 atom stereocenters. The summed E-state index contributed by atoms with van der Waals surface area (Å²) in [5.74, 6) is -0.981. The first-order chi connectivity index (χ1) is 14.0. The van der Waals surface area contributed by atoms with E-state index in [4.69, 9.17) is 4.74 Å². The second-order valence-electron chi connectivity index (χ2n) is 7.40. The maximum atomic E-state index is 12.8. The number of anilines is 1. The molecule has 2 N–H and O–H groups in total. The van der Waals surface area contributed by atoms with Crippen LogP contribution < -0.4 is 10.6 Å². The molecule has 1 aliphatic rings. The van der Waals surface area contributed by atoms with Crippen LogP contribution in [0.3, 0.4) is 0 Å². The molecular formula is C19H24F3N3O5. The zero-order valence-electron chi connectivity index (χ0n) is 16.6. The first-order valence-electron chi connectivity index (χ1n) is 9.57. The van der Waals surface area contributed by atoms with E-state index >= 15 is 0 Å². The Balaban J connectivity index is 1.93. The average molecular weight is 431 g/mol. The molecule has 1 saturated carbocycles. The number of nitro benzene ring substituents is 1. The first-order valence-corrected chi connectivity index (χ1v) is 9.57. The van der Waals surface area contributed by atoms with Gasteiger partial charge in [-0.05, 0) is 37.8 Å². The van der Waals surface area contributed by atoms with Crippen LogP contribution in [0.2, 0.25) is 0 Å². The number of halogens is 3. The third-order valence-electron chi connectivity index (χ3n) is 5.05. The van der Waals surface area contributed by atoms with Crippen molar-refractivity contribution in [3.8, 4) is 0 Å². The van der Waals surface area contributed by atoms with Gasteiger partial charge in [-0.2, -0.15) is 13.2 Å². The number of benzene rings is 1. The number of carbonyl (C=O) groups is 2. The molecule has 0 bridgehead atoms. The summed E-state index contributed by atoms with van der Waals surface area (Å²) < 4.78 is 43.2. The Morgan fingerprint density at radius 1 is 1.30 bits per heavy atom. The van der Waals surface area contributed by atoms with Gasteiger partial charge in [0.2, 0.25) is 0 Å². The van der Waals surface area contributed by atoms with Crippen molar-refractivity contribution in [3.63, 3.8) is 0 Å². The smallest absolute Gasteiger partial charge is 0.416 e. The number of esters is 1. The van der Waals surface area contributed by atoms with Gasteiger partial charge in [-0.25, -0.2) is 4.79 Å². The van der Waals surface area contributed by atoms with Gasteiger partial charge >= 0.3 is 12.1 Å². The summed E-state index contributed by atoms with van der Waals surface area (Å²) in [6.45, 7) is 2.85. The quantitative estimate of drug-likeness (QED) is 0.387. The molecular weight excluding hydrogens is 407 g/mol. The van der Waals surface area contributed by atoms with Crippen molar-refractivity contribution in [1.29, 1.82) is 0 Å². The zero-order valence-corrected chi connectivity index (χ0v) is 16.6. The van der Waals surface area contributed by atoms with Gasteiger partial charge in [0.05, 0.1) is 10.5 Å². The van der Waals surface area contributed by atoms with E-state index in [1.807, 2.05) is 6.92 Å². The molecule has 1 fully saturated rings. The summed E-state index contributed by atoms with van der Waals surface area (Å²) in [5.41, 5.74) is -2.27. The van der Waals surface area contributed by atoms with Crippen LogP contribution in [-0.2, 0) is 20.5 Å². The Morgan fingerprint density at radius 2 is 1.97 bits per heavy atom. The van der Waals surface area contributed by atoms with E-state index in [1.165, 1.54) is 6.92 Å². The third kappa shape index (κ3) is 6.33. The number of amides is 1. The van der Waals surface area contributed by atoms with Crippen molar-refractivity contribution < 1.29 is 32.4 Å². The Bertz CT molecular complexity index is 800. The van der Waals surface area contributed by atoms with Crippen molar-refractivity contribution in [1.82, 2.24) is 5.32 Å². The molecule has 30 heavy (non-hydrogen) atoms. The monoisotopic (exact) mass is 431 g/mol. The standard InChI is InChI=1S/C19H24F3N3O5/c1-11-5-3-4-6-14(11)24-17(26)10-30-18(27)12(2)23-15-8-7-13(19(20,21)22)9-16(15)25(28)29/h7-9,11-12,14,23H,3-6,10H2,1-2H3,(H,24,26). The Hall–Kier alpha value is -2.85. The number of carbonyl (C=O) groups excluding carboxylic acids is 2. The van der Waals surface area contributed by atoms with Crippen LogP contribution in [0.4, 0.5) is 24.5 Å². The lowest BCUT2D eigenvalue weighted by molar-refractivity contribution is -0.384. The van der Waals surface area contributed by atoms with Gasteiger partial charge in [0, 0.05) is 12.1 Å². The average Bonchev–Trinajstić information content (AvgIpc) is 2.67. The van der Waals surface area contributed by atoms with Crippen molar-refractivity contribution in [2.24, 2.45) is 5.92 Å². The maximum absolute atomic E-state index is 12.8. The van der Waals surface area contributed by atoms with E-state index in [2.05, 4.69) is 10.6 Å². The predicted octanol–water partition coefficient (Wildman–Crippen LogP) is 3.65. The molecule has 0 radical (unpaired) electrons. The molecule has 8 nitrogen and oxygen atoms in total. The van der Waals surface area contributed by atoms with Gasteiger partial charge in [0.15, 0.2) is 6.61 Å². The molecule has 166 valence electrons. The lowest BCUT2D eigenvalue weighted by Crippen LogP contribution is -2.43. The summed E-state index contributed by atoms with van der Waals surface area (Å²) >= 11 is 0. The fourth-order valence-corrected chi connectivity index (χ4v) is 3.31. The molecule has 3 unspecified atom stereocenters. The van der Waals surface area contributed by atoms with Crippen LogP contribution in [0, 0.1) is 16.0 Å². The zero-order chi connectivity index (χ0) is 22.5. The molecule has 1 aromatic rings. The summed E-state index contributed by atoms with van der Waals surface area (Å²) in [6, 6.07) is 0.838. The van der Waals surface area contributed by atoms with Crippen LogP contribution in [0.1, 0.15) is 45.1 Å². The highest BCUT2D eigenvalue weighted by molar-refractivity contribution is 5.84. The minimum Gasteiger partial charge on any atom is -0.454 e. The minimum atomic E-state index is -4.74. The second-order valence-corrected chi connectivity index (χ2v) is 7.40. The number of nitrogens with one attached hydrogen (secondary N) is 2. The second kappa shape index (κ2) is 9.77. The van der Waals surface area contributed by atoms with E-state index in [-0.39, 0.29) is 11.7 Å². The van der Waals surface area contributed by atoms with Crippen LogP contribution >= 0.6 is 0 Å². The topological polar surface area (TPSA) is 111 Å². The molecule has 1 aliphatic carbocycles. The largest absolute Gasteiger partial charge is 0.454 e. The Labute approximate surface area is 171 Å². The number of nitrogens with zero attached hydrogens (tertiary/aromatic N) is 1. The van der Waals surface area contributed by atoms with Gasteiger partial charge in [-0.3, -0.25) is 14.9 Å². The lowest BCUT2D eigenvalue weighted by atomic mass is 9.86. The van der Waals surface area contributed by atoms with Crippen molar-refractivity contribution in [3.05, 3.63) is 33.9 Å². The van der Waals surface area contributed by atoms with Crippen molar-refractivity contribution in [2.75, 3.05) is 11.9 Å². The minimum absolute atomic E-state index is 0.0234. The molecule has 0 heterocycles. The fourth-order valence-electron chi connectivity index (χ4n) is 3.31. The first kappa shape index (κ1) is 23.4. The van der Waals surface area contributed by atoms with E-state index in [9.17, 15) is 32.9 Å². The van der Waals surface area contributed by atoms with Crippen molar-refractivity contribution >= 4 is 23.3 Å². The summed E-state index contributed by atoms with van der Waals surface area (Å²) in [7, 11) is 0. The molecule has 11 heteroatoms. The van der Waals surface area contributed by atoms with Crippen LogP contribution in [0.25, 0.3) is 0 Å². The number of ether oxygens (including phenoxy) is 1. The van der Waals surface area contributed by atoms with Gasteiger partial charge < -0.3 is 15.4 Å². The summed E-state index contributed by atoms with van der Waals surface area (Å²) in [4.78, 5) is 34.2. The molecule has 0 aromatic heterocycles. The van der Waals surface area contributed by atoms with E-state index in [0.29, 0.717) is 18.1 Å². The van der Waals surface area contributed by atoms with E-state index < -0.39 is 46.9 Å². The maximum Gasteiger partial charge on any atom is 0.416 e. The number of nitro groups is 1. The molecule has 0 aliphatic heterocycles. The lowest BCUT2D eigenvalue weighted by Gasteiger charge is -2.29. The van der Waals surface area contributed by atoms with Gasteiger partial charge in [-0.1, -0.05) is 19.8 Å². The van der Waals surface area contributed by atoms with Gasteiger partial charge in [-0.15, -0.1) is 0 Å². The highest BCUT2D eigenvalue weighted by atomic mass is 19.4. The van der Waals surface area contributed by atoms with Crippen LogP contribution in [0.15, 0.2) is 18.2 Å². The molecule has 1 aromatic carbocycles. The third-order valence-corrected chi connectivity index (χ3v) is 5.05.